The Kier molecular flexibility index (Phi) is 6.16. The molecule has 3 N–H and O–H groups in total. The van der Waals surface area contributed by atoms with Crippen molar-refractivity contribution in [3.05, 3.63) is 30.3 Å². The number of nitrogens with one attached hydrogen (secondary N) is 2. The molecule has 35 heavy (non-hydrogen) atoms. The third-order valence-corrected chi connectivity index (χ3v) is 9.02. The van der Waals surface area contributed by atoms with E-state index in [0.29, 0.717) is 12.1 Å². The van der Waals surface area contributed by atoms with E-state index in [4.69, 9.17) is 4.74 Å². The summed E-state index contributed by atoms with van der Waals surface area (Å²) in [5.41, 5.74) is -1.30. The minimum absolute atomic E-state index is 0.0209. The molecule has 3 heterocycles. The first-order valence-electron chi connectivity index (χ1n) is 13.0. The minimum Gasteiger partial charge on any atom is -0.394 e. The van der Waals surface area contributed by atoms with Gasteiger partial charge in [-0.25, -0.2) is 0 Å². The van der Waals surface area contributed by atoms with Gasteiger partial charge in [0.05, 0.1) is 30.1 Å². The van der Waals surface area contributed by atoms with E-state index >= 15 is 0 Å². The number of benzene rings is 1. The van der Waals surface area contributed by atoms with E-state index in [1.807, 2.05) is 44.2 Å². The number of anilines is 1. The van der Waals surface area contributed by atoms with Crippen molar-refractivity contribution in [2.24, 2.45) is 17.8 Å². The monoisotopic (exact) mass is 483 g/mol. The van der Waals surface area contributed by atoms with E-state index in [1.54, 1.807) is 6.92 Å². The minimum atomic E-state index is -1.09. The number of nitrogens with zero attached hydrogens (tertiary/aromatic N) is 1. The Balaban J connectivity index is 1.51. The molecule has 1 saturated carbocycles. The molecule has 1 spiro atoms. The zero-order valence-corrected chi connectivity index (χ0v) is 20.8. The topological polar surface area (TPSA) is 108 Å². The molecule has 7 atom stereocenters. The van der Waals surface area contributed by atoms with Crippen LogP contribution in [-0.4, -0.2) is 63.7 Å². The van der Waals surface area contributed by atoms with Crippen molar-refractivity contribution in [3.63, 3.8) is 0 Å². The van der Waals surface area contributed by atoms with Gasteiger partial charge >= 0.3 is 0 Å². The molecule has 1 aromatic rings. The number of likely N-dealkylation sites (tertiary alicyclic amines) is 1. The number of fused-ring (bicyclic) bond motifs is 1. The number of amides is 3. The molecule has 3 aliphatic heterocycles. The van der Waals surface area contributed by atoms with Crippen LogP contribution in [-0.2, 0) is 19.1 Å². The normalized spacial score (nSPS) is 37.3. The van der Waals surface area contributed by atoms with Crippen LogP contribution in [0, 0.1) is 17.8 Å². The smallest absolute Gasteiger partial charge is 0.246 e. The van der Waals surface area contributed by atoms with Crippen molar-refractivity contribution in [1.29, 1.82) is 0 Å². The Hall–Kier alpha value is -2.45. The van der Waals surface area contributed by atoms with Gasteiger partial charge in [0.25, 0.3) is 0 Å². The maximum atomic E-state index is 14.0. The molecule has 190 valence electrons. The van der Waals surface area contributed by atoms with Crippen molar-refractivity contribution in [2.75, 3.05) is 11.9 Å². The molecule has 5 rings (SSSR count). The quantitative estimate of drug-likeness (QED) is 0.576. The van der Waals surface area contributed by atoms with E-state index < -0.39 is 35.1 Å². The first-order chi connectivity index (χ1) is 16.7. The van der Waals surface area contributed by atoms with Gasteiger partial charge in [0.1, 0.15) is 11.6 Å². The molecule has 8 heteroatoms. The summed E-state index contributed by atoms with van der Waals surface area (Å²) in [6.07, 6.45) is 5.70. The Morgan fingerprint density at radius 2 is 1.86 bits per heavy atom. The Labute approximate surface area is 206 Å². The van der Waals surface area contributed by atoms with Crippen LogP contribution in [0.3, 0.4) is 0 Å². The van der Waals surface area contributed by atoms with Crippen LogP contribution in [0.4, 0.5) is 5.69 Å². The van der Waals surface area contributed by atoms with Crippen LogP contribution in [0.15, 0.2) is 30.3 Å². The molecule has 4 fully saturated rings. The van der Waals surface area contributed by atoms with Gasteiger partial charge in [-0.1, -0.05) is 44.4 Å². The predicted molar refractivity (Wildman–Crippen MR) is 130 cm³/mol. The van der Waals surface area contributed by atoms with Gasteiger partial charge in [0.15, 0.2) is 0 Å². The number of hydrogen-bond acceptors (Lipinski definition) is 5. The maximum absolute atomic E-state index is 14.0. The van der Waals surface area contributed by atoms with E-state index in [2.05, 4.69) is 10.6 Å². The fourth-order valence-electron chi connectivity index (χ4n) is 7.21. The number of carbonyl (C=O) groups is 3. The Morgan fingerprint density at radius 1 is 1.17 bits per heavy atom. The molecule has 3 unspecified atom stereocenters. The Morgan fingerprint density at radius 3 is 2.51 bits per heavy atom. The highest BCUT2D eigenvalue weighted by Crippen LogP contribution is 2.65. The van der Waals surface area contributed by atoms with Crippen LogP contribution in [0.5, 0.6) is 0 Å². The van der Waals surface area contributed by atoms with Crippen molar-refractivity contribution in [2.45, 2.75) is 88.6 Å². The SMILES string of the molecule is CC1CC23O[C@@]1(C)[C@H](C(=O)Nc1ccccc1)[C@H]2C(=O)N([C@H](C)CO)C3C(=O)NC1CCCCC1. The van der Waals surface area contributed by atoms with Crippen LogP contribution in [0.25, 0.3) is 0 Å². The summed E-state index contributed by atoms with van der Waals surface area (Å²) in [4.78, 5) is 43.0. The lowest BCUT2D eigenvalue weighted by Gasteiger charge is -2.37. The first kappa shape index (κ1) is 24.3. The average molecular weight is 484 g/mol. The van der Waals surface area contributed by atoms with E-state index in [1.165, 1.54) is 11.3 Å². The fourth-order valence-corrected chi connectivity index (χ4v) is 7.21. The highest BCUT2D eigenvalue weighted by molar-refractivity contribution is 6.02. The van der Waals surface area contributed by atoms with Crippen molar-refractivity contribution in [1.82, 2.24) is 10.2 Å². The summed E-state index contributed by atoms with van der Waals surface area (Å²) in [5.74, 6) is -2.31. The van der Waals surface area contributed by atoms with E-state index in [9.17, 15) is 19.5 Å². The number of ether oxygens (including phenoxy) is 1. The lowest BCUT2D eigenvalue weighted by Crippen LogP contribution is -2.59. The number of rotatable bonds is 6. The van der Waals surface area contributed by atoms with Gasteiger partial charge in [0.2, 0.25) is 17.7 Å². The zero-order chi connectivity index (χ0) is 25.0. The van der Waals surface area contributed by atoms with Gasteiger partial charge in [-0.2, -0.15) is 0 Å². The van der Waals surface area contributed by atoms with Crippen LogP contribution < -0.4 is 10.6 Å². The van der Waals surface area contributed by atoms with Gasteiger partial charge < -0.3 is 25.4 Å². The third kappa shape index (κ3) is 3.68. The molecule has 3 amide bonds. The van der Waals surface area contributed by atoms with E-state index in [-0.39, 0.29) is 36.3 Å². The largest absolute Gasteiger partial charge is 0.394 e. The standard InChI is InChI=1S/C27H37N3O5/c1-16-14-27-21(20(26(16,3)35-27)23(32)28-18-10-6-4-7-11-18)25(34)30(17(2)15-31)22(27)24(33)29-19-12-8-5-9-13-19/h4,6-7,10-11,16-17,19-22,31H,5,8-9,12-15H2,1-3H3,(H,28,32)(H,29,33)/t16?,17-,20+,21+,22?,26-,27?/m1/s1. The number of hydrogen-bond donors (Lipinski definition) is 3. The summed E-state index contributed by atoms with van der Waals surface area (Å²) in [7, 11) is 0. The fraction of sp³-hybridized carbons (Fsp3) is 0.667. The first-order valence-corrected chi connectivity index (χ1v) is 13.0. The van der Waals surface area contributed by atoms with Gasteiger partial charge in [0, 0.05) is 11.7 Å². The lowest BCUT2D eigenvalue weighted by atomic mass is 9.62. The van der Waals surface area contributed by atoms with Crippen LogP contribution in [0.2, 0.25) is 0 Å². The highest BCUT2D eigenvalue weighted by Gasteiger charge is 2.80. The predicted octanol–water partition coefficient (Wildman–Crippen LogP) is 2.47. The molecule has 0 aromatic heterocycles. The number of para-hydroxylation sites is 1. The van der Waals surface area contributed by atoms with Crippen molar-refractivity contribution < 1.29 is 24.2 Å². The lowest BCUT2D eigenvalue weighted by molar-refractivity contribution is -0.149. The maximum Gasteiger partial charge on any atom is 0.246 e. The molecule has 0 radical (unpaired) electrons. The highest BCUT2D eigenvalue weighted by atomic mass is 16.5. The van der Waals surface area contributed by atoms with Crippen LogP contribution in [0.1, 0.15) is 59.3 Å². The van der Waals surface area contributed by atoms with E-state index in [0.717, 1.165) is 25.7 Å². The number of aliphatic hydroxyl groups is 1. The molecule has 8 nitrogen and oxygen atoms in total. The third-order valence-electron chi connectivity index (χ3n) is 9.02. The van der Waals surface area contributed by atoms with Crippen molar-refractivity contribution >= 4 is 23.4 Å². The van der Waals surface area contributed by atoms with Gasteiger partial charge in [-0.3, -0.25) is 14.4 Å². The molecular formula is C27H37N3O5. The second-order valence-electron chi connectivity index (χ2n) is 11.2. The second kappa shape index (κ2) is 8.89. The number of aliphatic hydroxyl groups excluding tert-OH is 1. The summed E-state index contributed by atoms with van der Waals surface area (Å²) in [5, 5.41) is 16.2. The van der Waals surface area contributed by atoms with Gasteiger partial charge in [-0.05, 0) is 51.2 Å². The Bertz CT molecular complexity index is 996. The molecule has 1 aliphatic carbocycles. The average Bonchev–Trinajstić information content (AvgIpc) is 3.36. The number of carbonyl (C=O) groups excluding carboxylic acids is 3. The molecule has 1 aromatic carbocycles. The molecule has 2 bridgehead atoms. The summed E-state index contributed by atoms with van der Waals surface area (Å²) >= 11 is 0. The van der Waals surface area contributed by atoms with Crippen LogP contribution >= 0.6 is 0 Å². The van der Waals surface area contributed by atoms with Gasteiger partial charge in [-0.15, -0.1) is 0 Å². The zero-order valence-electron chi connectivity index (χ0n) is 20.8. The molecular weight excluding hydrogens is 446 g/mol. The summed E-state index contributed by atoms with van der Waals surface area (Å²) < 4.78 is 6.71. The molecule has 4 aliphatic rings. The summed E-state index contributed by atoms with van der Waals surface area (Å²) in [6.45, 7) is 5.41. The summed E-state index contributed by atoms with van der Waals surface area (Å²) in [6, 6.07) is 7.83. The molecule has 3 saturated heterocycles. The van der Waals surface area contributed by atoms with Crippen molar-refractivity contribution in [3.8, 4) is 0 Å². The second-order valence-corrected chi connectivity index (χ2v) is 11.2.